The normalized spacial score (nSPS) is 16.0. The Morgan fingerprint density at radius 2 is 2.03 bits per heavy atom. The summed E-state index contributed by atoms with van der Waals surface area (Å²) in [6.07, 6.45) is 0. The largest absolute Gasteiger partial charge is 0.434 e. The van der Waals surface area contributed by atoms with Gasteiger partial charge in [0.2, 0.25) is 0 Å². The van der Waals surface area contributed by atoms with Gasteiger partial charge < -0.3 is 20.1 Å². The van der Waals surface area contributed by atoms with Crippen LogP contribution >= 0.6 is 35.3 Å². The summed E-state index contributed by atoms with van der Waals surface area (Å²) in [4.78, 5) is 7.97. The SMILES string of the molecule is CN=C(NCc1cc(C)ccc1OC(F)F)NCC(c1cccs1)N1CCOCC1.I. The Morgan fingerprint density at radius 1 is 1.26 bits per heavy atom. The Kier molecular flexibility index (Phi) is 10.9. The zero-order chi connectivity index (χ0) is 21.3. The predicted molar refractivity (Wildman–Crippen MR) is 131 cm³/mol. The maximum Gasteiger partial charge on any atom is 0.387 e. The van der Waals surface area contributed by atoms with Gasteiger partial charge in [-0.3, -0.25) is 9.89 Å². The van der Waals surface area contributed by atoms with E-state index in [2.05, 4.69) is 42.8 Å². The van der Waals surface area contributed by atoms with Crippen molar-refractivity contribution in [2.45, 2.75) is 26.1 Å². The monoisotopic (exact) mass is 566 g/mol. The molecule has 0 radical (unpaired) electrons. The predicted octanol–water partition coefficient (Wildman–Crippen LogP) is 4.01. The molecule has 1 saturated heterocycles. The van der Waals surface area contributed by atoms with Gasteiger partial charge in [0.1, 0.15) is 5.75 Å². The van der Waals surface area contributed by atoms with E-state index in [0.29, 0.717) is 24.6 Å². The number of halogens is 3. The molecule has 1 fully saturated rings. The first-order chi connectivity index (χ1) is 14.6. The van der Waals surface area contributed by atoms with Crippen molar-refractivity contribution in [2.75, 3.05) is 39.9 Å². The number of nitrogens with zero attached hydrogens (tertiary/aromatic N) is 2. The number of nitrogens with one attached hydrogen (secondary N) is 2. The number of alkyl halides is 2. The summed E-state index contributed by atoms with van der Waals surface area (Å²) in [6.45, 7) is 3.28. The number of benzene rings is 1. The Balaban J connectivity index is 0.00000341. The van der Waals surface area contributed by atoms with Crippen LogP contribution in [0.1, 0.15) is 22.0 Å². The van der Waals surface area contributed by atoms with Crippen molar-refractivity contribution in [3.63, 3.8) is 0 Å². The van der Waals surface area contributed by atoms with Gasteiger partial charge in [-0.15, -0.1) is 35.3 Å². The van der Waals surface area contributed by atoms with Gasteiger partial charge in [-0.25, -0.2) is 0 Å². The number of guanidine groups is 1. The minimum Gasteiger partial charge on any atom is -0.434 e. The van der Waals surface area contributed by atoms with Gasteiger partial charge in [0.25, 0.3) is 0 Å². The summed E-state index contributed by atoms with van der Waals surface area (Å²) in [5.41, 5.74) is 1.63. The van der Waals surface area contributed by atoms with Crippen LogP contribution in [0.4, 0.5) is 8.78 Å². The number of ether oxygens (including phenoxy) is 2. The average Bonchev–Trinajstić information content (AvgIpc) is 3.27. The summed E-state index contributed by atoms with van der Waals surface area (Å²) in [7, 11) is 1.69. The van der Waals surface area contributed by atoms with Crippen molar-refractivity contribution in [1.82, 2.24) is 15.5 Å². The van der Waals surface area contributed by atoms with Crippen LogP contribution in [0, 0.1) is 6.92 Å². The number of hydrogen-bond donors (Lipinski definition) is 2. The molecule has 1 atom stereocenters. The van der Waals surface area contributed by atoms with Crippen LogP contribution in [-0.2, 0) is 11.3 Å². The molecule has 2 heterocycles. The second kappa shape index (κ2) is 13.1. The van der Waals surface area contributed by atoms with E-state index >= 15 is 0 Å². The molecule has 2 N–H and O–H groups in total. The van der Waals surface area contributed by atoms with Crippen LogP contribution in [0.5, 0.6) is 5.75 Å². The topological polar surface area (TPSA) is 58.1 Å². The van der Waals surface area contributed by atoms with Gasteiger partial charge >= 0.3 is 6.61 Å². The smallest absolute Gasteiger partial charge is 0.387 e. The van der Waals surface area contributed by atoms with Gasteiger partial charge in [-0.2, -0.15) is 8.78 Å². The third kappa shape index (κ3) is 7.85. The van der Waals surface area contributed by atoms with Crippen molar-refractivity contribution in [1.29, 1.82) is 0 Å². The first-order valence-electron chi connectivity index (χ1n) is 9.91. The molecule has 1 aliphatic heterocycles. The summed E-state index contributed by atoms with van der Waals surface area (Å²) >= 11 is 1.73. The highest BCUT2D eigenvalue weighted by molar-refractivity contribution is 14.0. The molecular formula is C21H29F2IN4O2S. The van der Waals surface area contributed by atoms with Gasteiger partial charge in [-0.05, 0) is 24.4 Å². The number of morpholine rings is 1. The van der Waals surface area contributed by atoms with Crippen LogP contribution in [0.15, 0.2) is 40.7 Å². The Hall–Kier alpha value is -1.50. The summed E-state index contributed by atoms with van der Waals surface area (Å²) < 4.78 is 35.5. The lowest BCUT2D eigenvalue weighted by Gasteiger charge is -2.34. The molecule has 1 aliphatic rings. The van der Waals surface area contributed by atoms with Gasteiger partial charge in [0, 0.05) is 43.7 Å². The highest BCUT2D eigenvalue weighted by Crippen LogP contribution is 2.25. The molecule has 31 heavy (non-hydrogen) atoms. The number of aryl methyl sites for hydroxylation is 1. The second-order valence-electron chi connectivity index (χ2n) is 6.98. The van der Waals surface area contributed by atoms with Crippen molar-refractivity contribution in [3.05, 3.63) is 51.7 Å². The average molecular weight is 566 g/mol. The van der Waals surface area contributed by atoms with E-state index in [1.807, 2.05) is 13.0 Å². The lowest BCUT2D eigenvalue weighted by atomic mass is 10.1. The van der Waals surface area contributed by atoms with Crippen LogP contribution in [0.2, 0.25) is 0 Å². The zero-order valence-corrected chi connectivity index (χ0v) is 20.8. The van der Waals surface area contributed by atoms with Crippen molar-refractivity contribution in [2.24, 2.45) is 4.99 Å². The van der Waals surface area contributed by atoms with Gasteiger partial charge in [0.05, 0.1) is 19.3 Å². The quantitative estimate of drug-likeness (QED) is 0.288. The Bertz CT molecular complexity index is 818. The molecule has 3 rings (SSSR count). The van der Waals surface area contributed by atoms with Crippen molar-refractivity contribution >= 4 is 41.3 Å². The molecule has 6 nitrogen and oxygen atoms in total. The third-order valence-corrected chi connectivity index (χ3v) is 5.90. The van der Waals surface area contributed by atoms with E-state index in [4.69, 9.17) is 4.74 Å². The fraction of sp³-hybridized carbons (Fsp3) is 0.476. The van der Waals surface area contributed by atoms with Crippen molar-refractivity contribution < 1.29 is 18.3 Å². The molecule has 1 aromatic heterocycles. The molecule has 1 aromatic carbocycles. The van der Waals surface area contributed by atoms with Crippen LogP contribution < -0.4 is 15.4 Å². The van der Waals surface area contributed by atoms with E-state index in [1.165, 1.54) is 4.88 Å². The molecule has 172 valence electrons. The summed E-state index contributed by atoms with van der Waals surface area (Å²) in [6, 6.07) is 9.57. The standard InChI is InChI=1S/C21H28F2N4O2S.HI/c1-15-5-6-18(29-20(22)23)16(12-15)13-25-21(24-2)26-14-17(19-4-3-11-30-19)27-7-9-28-10-8-27;/h3-6,11-12,17,20H,7-10,13-14H2,1-2H3,(H2,24,25,26);1H. The van der Waals surface area contributed by atoms with E-state index < -0.39 is 6.61 Å². The lowest BCUT2D eigenvalue weighted by molar-refractivity contribution is -0.0504. The molecule has 0 aliphatic carbocycles. The summed E-state index contributed by atoms with van der Waals surface area (Å²) in [5, 5.41) is 8.66. The Morgan fingerprint density at radius 3 is 2.68 bits per heavy atom. The molecule has 0 amide bonds. The van der Waals surface area contributed by atoms with E-state index in [0.717, 1.165) is 31.9 Å². The minimum absolute atomic E-state index is 0. The maximum atomic E-state index is 12.7. The van der Waals surface area contributed by atoms with E-state index in [1.54, 1.807) is 30.5 Å². The number of hydrogen-bond acceptors (Lipinski definition) is 5. The highest BCUT2D eigenvalue weighted by atomic mass is 127. The number of rotatable bonds is 8. The molecule has 0 bridgehead atoms. The molecule has 10 heteroatoms. The Labute approximate surface area is 203 Å². The van der Waals surface area contributed by atoms with E-state index in [9.17, 15) is 8.78 Å². The van der Waals surface area contributed by atoms with Crippen molar-refractivity contribution in [3.8, 4) is 5.75 Å². The third-order valence-electron chi connectivity index (χ3n) is 4.92. The molecular weight excluding hydrogens is 537 g/mol. The fourth-order valence-electron chi connectivity index (χ4n) is 3.43. The van der Waals surface area contributed by atoms with Crippen LogP contribution in [-0.4, -0.2) is 57.4 Å². The van der Waals surface area contributed by atoms with E-state index in [-0.39, 0.29) is 35.8 Å². The lowest BCUT2D eigenvalue weighted by Crippen LogP contribution is -2.46. The molecule has 0 saturated carbocycles. The summed E-state index contributed by atoms with van der Waals surface area (Å²) in [5.74, 6) is 0.776. The van der Waals surface area contributed by atoms with Gasteiger partial charge in [0.15, 0.2) is 5.96 Å². The van der Waals surface area contributed by atoms with Crippen LogP contribution in [0.25, 0.3) is 0 Å². The van der Waals surface area contributed by atoms with Crippen LogP contribution in [0.3, 0.4) is 0 Å². The second-order valence-corrected chi connectivity index (χ2v) is 7.96. The first-order valence-corrected chi connectivity index (χ1v) is 10.8. The fourth-order valence-corrected chi connectivity index (χ4v) is 4.29. The maximum absolute atomic E-state index is 12.7. The number of thiophene rings is 1. The molecule has 2 aromatic rings. The number of aliphatic imine (C=N–C) groups is 1. The minimum atomic E-state index is -2.86. The molecule has 1 unspecified atom stereocenters. The highest BCUT2D eigenvalue weighted by Gasteiger charge is 2.23. The van der Waals surface area contributed by atoms with Gasteiger partial charge in [-0.1, -0.05) is 23.8 Å². The first kappa shape index (κ1) is 25.8. The molecule has 0 spiro atoms. The zero-order valence-electron chi connectivity index (χ0n) is 17.6.